The predicted molar refractivity (Wildman–Crippen MR) is 112 cm³/mol. The maximum atomic E-state index is 13.5. The fourth-order valence-electron chi connectivity index (χ4n) is 4.74. The Labute approximate surface area is 169 Å². The Hall–Kier alpha value is -2.18. The largest absolute Gasteiger partial charge is 0.302 e. The molecular weight excluding hydrogens is 347 g/mol. The number of nitrogens with zero attached hydrogens (tertiary/aromatic N) is 2. The van der Waals surface area contributed by atoms with Gasteiger partial charge in [0.05, 0.1) is 11.5 Å². The Morgan fingerprint density at radius 3 is 2.36 bits per heavy atom. The third-order valence-corrected chi connectivity index (χ3v) is 6.27. The van der Waals surface area contributed by atoms with Crippen molar-refractivity contribution in [3.63, 3.8) is 0 Å². The van der Waals surface area contributed by atoms with Crippen molar-refractivity contribution in [2.45, 2.75) is 56.9 Å². The summed E-state index contributed by atoms with van der Waals surface area (Å²) in [5.41, 5.74) is 1.80. The first kappa shape index (κ1) is 20.6. The molecule has 1 unspecified atom stereocenters. The maximum Gasteiger partial charge on any atom is 0.123 e. The molecule has 1 atom stereocenters. The molecule has 2 nitrogen and oxygen atoms in total. The van der Waals surface area contributed by atoms with Crippen LogP contribution in [0.25, 0.3) is 0 Å². The van der Waals surface area contributed by atoms with E-state index in [0.717, 1.165) is 44.3 Å². The quantitative estimate of drug-likeness (QED) is 0.556. The van der Waals surface area contributed by atoms with E-state index in [-0.39, 0.29) is 5.82 Å². The lowest BCUT2D eigenvalue weighted by Gasteiger charge is -2.38. The molecule has 28 heavy (non-hydrogen) atoms. The van der Waals surface area contributed by atoms with Crippen LogP contribution in [0.15, 0.2) is 54.6 Å². The summed E-state index contributed by atoms with van der Waals surface area (Å²) < 4.78 is 13.5. The first-order chi connectivity index (χ1) is 13.6. The van der Waals surface area contributed by atoms with Crippen LogP contribution in [0.2, 0.25) is 0 Å². The van der Waals surface area contributed by atoms with E-state index in [2.05, 4.69) is 42.3 Å². The second-order valence-electron chi connectivity index (χ2n) is 8.25. The van der Waals surface area contributed by atoms with Crippen molar-refractivity contribution in [2.75, 3.05) is 13.6 Å². The van der Waals surface area contributed by atoms with Crippen LogP contribution in [0.5, 0.6) is 0 Å². The fraction of sp³-hybridized carbons (Fsp3) is 0.480. The molecule has 0 heterocycles. The van der Waals surface area contributed by atoms with Crippen LogP contribution in [0.1, 0.15) is 56.1 Å². The van der Waals surface area contributed by atoms with Gasteiger partial charge in [-0.3, -0.25) is 0 Å². The van der Waals surface area contributed by atoms with Gasteiger partial charge in [0.2, 0.25) is 0 Å². The van der Waals surface area contributed by atoms with E-state index in [1.54, 1.807) is 0 Å². The number of hydrogen-bond donors (Lipinski definition) is 0. The summed E-state index contributed by atoms with van der Waals surface area (Å²) in [4.78, 5) is 2.32. The first-order valence-electron chi connectivity index (χ1n) is 10.5. The number of rotatable bonds is 8. The van der Waals surface area contributed by atoms with Crippen molar-refractivity contribution in [2.24, 2.45) is 5.92 Å². The molecule has 0 aromatic heterocycles. The molecule has 2 aromatic rings. The van der Waals surface area contributed by atoms with Gasteiger partial charge in [-0.2, -0.15) is 5.26 Å². The first-order valence-corrected chi connectivity index (χ1v) is 10.5. The molecular formula is C25H31FN2. The second-order valence-corrected chi connectivity index (χ2v) is 8.25. The van der Waals surface area contributed by atoms with Crippen molar-refractivity contribution < 1.29 is 4.39 Å². The standard InChI is InChI=1S/C25H31FN2/c1-28(19-21-9-4-2-5-10-21)18-8-17-25(20-27,22-11-6-3-7-12-22)23-13-15-24(26)16-14-23/h2,4-5,9-10,13-16,22H,3,6-8,11-12,17-19H2,1H3. The number of hydrogen-bond acceptors (Lipinski definition) is 2. The van der Waals surface area contributed by atoms with E-state index < -0.39 is 5.41 Å². The molecule has 1 aliphatic carbocycles. The molecule has 0 saturated heterocycles. The average Bonchev–Trinajstić information content (AvgIpc) is 2.73. The molecule has 1 aliphatic rings. The Morgan fingerprint density at radius 2 is 1.71 bits per heavy atom. The van der Waals surface area contributed by atoms with Gasteiger partial charge in [-0.15, -0.1) is 0 Å². The van der Waals surface area contributed by atoms with Crippen LogP contribution >= 0.6 is 0 Å². The molecule has 1 fully saturated rings. The number of halogens is 1. The summed E-state index contributed by atoms with van der Waals surface area (Å²) in [5.74, 6) is 0.137. The van der Waals surface area contributed by atoms with Crippen molar-refractivity contribution in [3.05, 3.63) is 71.5 Å². The van der Waals surface area contributed by atoms with Gasteiger partial charge in [0.1, 0.15) is 5.82 Å². The topological polar surface area (TPSA) is 27.0 Å². The van der Waals surface area contributed by atoms with E-state index in [1.807, 2.05) is 18.2 Å². The lowest BCUT2D eigenvalue weighted by Crippen LogP contribution is -2.36. The minimum absolute atomic E-state index is 0.234. The molecule has 3 heteroatoms. The van der Waals surface area contributed by atoms with E-state index in [1.165, 1.54) is 37.0 Å². The fourth-order valence-corrected chi connectivity index (χ4v) is 4.74. The molecule has 0 amide bonds. The minimum atomic E-state index is -0.498. The molecule has 3 rings (SSSR count). The Morgan fingerprint density at radius 1 is 1.04 bits per heavy atom. The summed E-state index contributed by atoms with van der Waals surface area (Å²) in [7, 11) is 2.14. The summed E-state index contributed by atoms with van der Waals surface area (Å²) in [5, 5.41) is 10.3. The van der Waals surface area contributed by atoms with Gasteiger partial charge in [0, 0.05) is 6.54 Å². The highest BCUT2D eigenvalue weighted by molar-refractivity contribution is 5.34. The van der Waals surface area contributed by atoms with Gasteiger partial charge in [-0.25, -0.2) is 4.39 Å². The zero-order chi connectivity index (χ0) is 19.8. The van der Waals surface area contributed by atoms with E-state index >= 15 is 0 Å². The highest BCUT2D eigenvalue weighted by Gasteiger charge is 2.40. The second kappa shape index (κ2) is 9.85. The number of nitriles is 1. The van der Waals surface area contributed by atoms with Crippen LogP contribution in [0, 0.1) is 23.1 Å². The van der Waals surface area contributed by atoms with Crippen LogP contribution in [0.3, 0.4) is 0 Å². The Kier molecular flexibility index (Phi) is 7.23. The predicted octanol–water partition coefficient (Wildman–Crippen LogP) is 6.08. The molecule has 0 bridgehead atoms. The summed E-state index contributed by atoms with van der Waals surface area (Å²) >= 11 is 0. The molecule has 0 radical (unpaired) electrons. The molecule has 0 aliphatic heterocycles. The van der Waals surface area contributed by atoms with Crippen molar-refractivity contribution in [1.82, 2.24) is 4.90 Å². The van der Waals surface area contributed by atoms with Crippen molar-refractivity contribution >= 4 is 0 Å². The van der Waals surface area contributed by atoms with Crippen LogP contribution in [-0.4, -0.2) is 18.5 Å². The molecule has 1 saturated carbocycles. The molecule has 0 spiro atoms. The van der Waals surface area contributed by atoms with Crippen LogP contribution < -0.4 is 0 Å². The third kappa shape index (κ3) is 5.00. The maximum absolute atomic E-state index is 13.5. The van der Waals surface area contributed by atoms with Gasteiger partial charge in [0.25, 0.3) is 0 Å². The monoisotopic (exact) mass is 378 g/mol. The zero-order valence-electron chi connectivity index (χ0n) is 16.9. The van der Waals surface area contributed by atoms with Crippen LogP contribution in [0.4, 0.5) is 4.39 Å². The molecule has 148 valence electrons. The van der Waals surface area contributed by atoms with Gasteiger partial charge >= 0.3 is 0 Å². The lowest BCUT2D eigenvalue weighted by atomic mass is 9.63. The average molecular weight is 379 g/mol. The van der Waals surface area contributed by atoms with E-state index in [0.29, 0.717) is 5.92 Å². The van der Waals surface area contributed by atoms with Crippen LogP contribution in [-0.2, 0) is 12.0 Å². The molecule has 0 N–H and O–H groups in total. The summed E-state index contributed by atoms with van der Waals surface area (Å²) in [6.45, 7) is 1.87. The smallest absolute Gasteiger partial charge is 0.123 e. The summed E-state index contributed by atoms with van der Waals surface area (Å²) in [6, 6.07) is 19.9. The normalized spacial score (nSPS) is 17.2. The number of benzene rings is 2. The minimum Gasteiger partial charge on any atom is -0.302 e. The van der Waals surface area contributed by atoms with Gasteiger partial charge in [-0.1, -0.05) is 61.7 Å². The summed E-state index contributed by atoms with van der Waals surface area (Å²) in [6.07, 6.45) is 7.66. The lowest BCUT2D eigenvalue weighted by molar-refractivity contribution is 0.223. The van der Waals surface area contributed by atoms with Gasteiger partial charge in [0.15, 0.2) is 0 Å². The van der Waals surface area contributed by atoms with Crippen molar-refractivity contribution in [1.29, 1.82) is 5.26 Å². The SMILES string of the molecule is CN(CCCC(C#N)(c1ccc(F)cc1)C1CCCCC1)Cc1ccccc1. The van der Waals surface area contributed by atoms with E-state index in [4.69, 9.17) is 0 Å². The van der Waals surface area contributed by atoms with E-state index in [9.17, 15) is 9.65 Å². The Bertz CT molecular complexity index is 759. The van der Waals surface area contributed by atoms with Gasteiger partial charge < -0.3 is 4.90 Å². The highest BCUT2D eigenvalue weighted by atomic mass is 19.1. The zero-order valence-corrected chi connectivity index (χ0v) is 16.9. The highest BCUT2D eigenvalue weighted by Crippen LogP contribution is 2.44. The molecule has 2 aromatic carbocycles. The van der Waals surface area contributed by atoms with Crippen molar-refractivity contribution in [3.8, 4) is 6.07 Å². The Balaban J connectivity index is 1.70. The van der Waals surface area contributed by atoms with Gasteiger partial charge in [-0.05, 0) is 68.5 Å². The third-order valence-electron chi connectivity index (χ3n) is 6.27.